The third-order valence-electron chi connectivity index (χ3n) is 2.10. The Balaban J connectivity index is 2.34. The highest BCUT2D eigenvalue weighted by atomic mass is 16.3. The maximum Gasteiger partial charge on any atom is 0.124 e. The molecule has 2 atom stereocenters. The van der Waals surface area contributed by atoms with Crippen LogP contribution in [0.15, 0.2) is 42.8 Å². The molecule has 0 bridgehead atoms. The maximum absolute atomic E-state index is 9.62. The fourth-order valence-electron chi connectivity index (χ4n) is 1.39. The zero-order chi connectivity index (χ0) is 9.26. The van der Waals surface area contributed by atoms with E-state index in [2.05, 4.69) is 0 Å². The van der Waals surface area contributed by atoms with Crippen molar-refractivity contribution >= 4 is 5.70 Å². The van der Waals surface area contributed by atoms with Crippen LogP contribution in [0, 0.1) is 0 Å². The normalized spacial score (nSPS) is 27.4. The molecule has 0 saturated heterocycles. The molecule has 1 heterocycles. The fourth-order valence-corrected chi connectivity index (χ4v) is 1.39. The molecule has 3 nitrogen and oxygen atoms in total. The lowest BCUT2D eigenvalue weighted by atomic mass is 10.1. The first-order valence-electron chi connectivity index (χ1n) is 4.17. The molecule has 68 valence electrons. The van der Waals surface area contributed by atoms with Crippen LogP contribution < -0.4 is 0 Å². The zero-order valence-corrected chi connectivity index (χ0v) is 7.04. The zero-order valence-electron chi connectivity index (χ0n) is 7.04. The topological polar surface area (TPSA) is 45.4 Å². The van der Waals surface area contributed by atoms with E-state index in [1.165, 1.54) is 0 Å². The van der Waals surface area contributed by atoms with E-state index >= 15 is 0 Å². The minimum absolute atomic E-state index is 0.694. The van der Waals surface area contributed by atoms with E-state index in [-0.39, 0.29) is 0 Å². The van der Waals surface area contributed by atoms with Crippen LogP contribution in [0.5, 0.6) is 0 Å². The van der Waals surface area contributed by atoms with Crippen LogP contribution in [0.4, 0.5) is 0 Å². The van der Waals surface area contributed by atoms with E-state index in [0.717, 1.165) is 0 Å². The quantitative estimate of drug-likeness (QED) is 0.660. The monoisotopic (exact) mass is 177 g/mol. The van der Waals surface area contributed by atoms with Gasteiger partial charge < -0.3 is 14.8 Å². The number of rotatable bonds is 1. The second-order valence-corrected chi connectivity index (χ2v) is 3.00. The maximum atomic E-state index is 9.62. The van der Waals surface area contributed by atoms with Gasteiger partial charge in [0, 0.05) is 12.4 Å². The largest absolute Gasteiger partial charge is 0.386 e. The molecule has 0 saturated carbocycles. The van der Waals surface area contributed by atoms with Crippen LogP contribution in [0.25, 0.3) is 5.70 Å². The fraction of sp³-hybridized carbons (Fsp3) is 0.200. The number of aliphatic hydroxyl groups is 2. The summed E-state index contributed by atoms with van der Waals surface area (Å²) in [4.78, 5) is 0. The van der Waals surface area contributed by atoms with Gasteiger partial charge in [0.05, 0.1) is 5.70 Å². The summed E-state index contributed by atoms with van der Waals surface area (Å²) in [6, 6.07) is 3.75. The second kappa shape index (κ2) is 3.20. The average molecular weight is 177 g/mol. The van der Waals surface area contributed by atoms with Crippen molar-refractivity contribution < 1.29 is 10.2 Å². The summed E-state index contributed by atoms with van der Waals surface area (Å²) in [6.07, 6.45) is 7.13. The Morgan fingerprint density at radius 2 is 1.85 bits per heavy atom. The molecular weight excluding hydrogens is 166 g/mol. The standard InChI is InChI=1S/C10H11NO2/c12-9-5-3-4-8(10(9)13)11-6-1-2-7-11/h1-7,9-10,12-13H/t9-,10+/m0/s1. The van der Waals surface area contributed by atoms with Gasteiger partial charge in [0.25, 0.3) is 0 Å². The summed E-state index contributed by atoms with van der Waals surface area (Å²) >= 11 is 0. The van der Waals surface area contributed by atoms with Crippen molar-refractivity contribution in [1.29, 1.82) is 0 Å². The second-order valence-electron chi connectivity index (χ2n) is 3.00. The molecule has 0 amide bonds. The highest BCUT2D eigenvalue weighted by Gasteiger charge is 2.21. The third-order valence-corrected chi connectivity index (χ3v) is 2.10. The Bertz CT molecular complexity index is 338. The van der Waals surface area contributed by atoms with Gasteiger partial charge in [-0.3, -0.25) is 0 Å². The predicted molar refractivity (Wildman–Crippen MR) is 49.9 cm³/mol. The van der Waals surface area contributed by atoms with Crippen LogP contribution in [-0.2, 0) is 0 Å². The Kier molecular flexibility index (Phi) is 2.04. The van der Waals surface area contributed by atoms with E-state index in [1.54, 1.807) is 22.8 Å². The van der Waals surface area contributed by atoms with Crippen LogP contribution in [0.3, 0.4) is 0 Å². The first-order chi connectivity index (χ1) is 6.29. The van der Waals surface area contributed by atoms with Crippen LogP contribution in [-0.4, -0.2) is 27.0 Å². The van der Waals surface area contributed by atoms with Crippen LogP contribution >= 0.6 is 0 Å². The van der Waals surface area contributed by atoms with Gasteiger partial charge in [-0.2, -0.15) is 0 Å². The Hall–Kier alpha value is -1.32. The Labute approximate surface area is 76.2 Å². The summed E-state index contributed by atoms with van der Waals surface area (Å²) in [5.41, 5.74) is 0.694. The van der Waals surface area contributed by atoms with E-state index < -0.39 is 12.2 Å². The van der Waals surface area contributed by atoms with Crippen LogP contribution in [0.2, 0.25) is 0 Å². The van der Waals surface area contributed by atoms with Gasteiger partial charge in [-0.25, -0.2) is 0 Å². The Morgan fingerprint density at radius 1 is 1.15 bits per heavy atom. The third kappa shape index (κ3) is 1.43. The van der Waals surface area contributed by atoms with Crippen molar-refractivity contribution in [1.82, 2.24) is 4.57 Å². The lowest BCUT2D eigenvalue weighted by Crippen LogP contribution is -2.29. The van der Waals surface area contributed by atoms with Gasteiger partial charge >= 0.3 is 0 Å². The molecule has 0 fully saturated rings. The molecule has 3 heteroatoms. The number of nitrogens with zero attached hydrogens (tertiary/aromatic N) is 1. The number of allylic oxidation sites excluding steroid dienone is 2. The molecule has 1 aromatic heterocycles. The summed E-state index contributed by atoms with van der Waals surface area (Å²) in [5.74, 6) is 0. The van der Waals surface area contributed by atoms with Gasteiger partial charge in [0.2, 0.25) is 0 Å². The first-order valence-corrected chi connectivity index (χ1v) is 4.17. The molecule has 0 aliphatic heterocycles. The van der Waals surface area contributed by atoms with Crippen molar-refractivity contribution in [3.05, 3.63) is 42.8 Å². The average Bonchev–Trinajstić information content (AvgIpc) is 2.62. The van der Waals surface area contributed by atoms with E-state index in [0.29, 0.717) is 5.70 Å². The molecule has 0 unspecified atom stereocenters. The summed E-state index contributed by atoms with van der Waals surface area (Å²) in [7, 11) is 0. The van der Waals surface area contributed by atoms with Gasteiger partial charge in [-0.1, -0.05) is 12.2 Å². The Morgan fingerprint density at radius 3 is 2.54 bits per heavy atom. The minimum atomic E-state index is -0.836. The van der Waals surface area contributed by atoms with E-state index in [4.69, 9.17) is 0 Å². The number of hydrogen-bond acceptors (Lipinski definition) is 2. The van der Waals surface area contributed by atoms with Gasteiger partial charge in [-0.05, 0) is 18.2 Å². The van der Waals surface area contributed by atoms with Gasteiger partial charge in [0.1, 0.15) is 12.2 Å². The lowest BCUT2D eigenvalue weighted by molar-refractivity contribution is 0.0825. The number of hydrogen-bond donors (Lipinski definition) is 2. The van der Waals surface area contributed by atoms with Crippen molar-refractivity contribution in [3.8, 4) is 0 Å². The predicted octanol–water partition coefficient (Wildman–Crippen LogP) is 0.621. The van der Waals surface area contributed by atoms with E-state index in [9.17, 15) is 10.2 Å². The highest BCUT2D eigenvalue weighted by Crippen LogP contribution is 2.18. The molecule has 1 aliphatic carbocycles. The molecule has 2 N–H and O–H groups in total. The molecule has 0 radical (unpaired) electrons. The molecule has 1 aromatic rings. The van der Waals surface area contributed by atoms with Crippen molar-refractivity contribution in [3.63, 3.8) is 0 Å². The van der Waals surface area contributed by atoms with Crippen molar-refractivity contribution in [2.75, 3.05) is 0 Å². The number of aromatic nitrogens is 1. The molecule has 2 rings (SSSR count). The van der Waals surface area contributed by atoms with Gasteiger partial charge in [0.15, 0.2) is 0 Å². The summed E-state index contributed by atoms with van der Waals surface area (Å²) in [6.45, 7) is 0. The first kappa shape index (κ1) is 8.29. The SMILES string of the molecule is O[C@@H]1C(n2cccc2)=CC=C[C@@H]1O. The highest BCUT2D eigenvalue weighted by molar-refractivity contribution is 5.56. The minimum Gasteiger partial charge on any atom is -0.386 e. The van der Waals surface area contributed by atoms with Gasteiger partial charge in [-0.15, -0.1) is 0 Å². The molecule has 0 aromatic carbocycles. The molecule has 0 spiro atoms. The smallest absolute Gasteiger partial charge is 0.124 e. The van der Waals surface area contributed by atoms with E-state index in [1.807, 2.05) is 24.5 Å². The molecule has 13 heavy (non-hydrogen) atoms. The van der Waals surface area contributed by atoms with Crippen molar-refractivity contribution in [2.45, 2.75) is 12.2 Å². The molecular formula is C10H11NO2. The molecule has 1 aliphatic rings. The van der Waals surface area contributed by atoms with Crippen LogP contribution in [0.1, 0.15) is 0 Å². The lowest BCUT2D eigenvalue weighted by Gasteiger charge is -2.21. The summed E-state index contributed by atoms with van der Waals surface area (Å²) in [5, 5.41) is 19.0. The summed E-state index contributed by atoms with van der Waals surface area (Å²) < 4.78 is 1.79. The number of aliphatic hydroxyl groups excluding tert-OH is 2. The van der Waals surface area contributed by atoms with Crippen molar-refractivity contribution in [2.24, 2.45) is 0 Å².